The third-order valence-corrected chi connectivity index (χ3v) is 2.90. The largest absolute Gasteiger partial charge is 0.488 e. The molecule has 1 heterocycles. The van der Waals surface area contributed by atoms with E-state index in [-0.39, 0.29) is 5.82 Å². The van der Waals surface area contributed by atoms with Gasteiger partial charge in [0, 0.05) is 30.3 Å². The van der Waals surface area contributed by atoms with Crippen LogP contribution >= 0.6 is 11.6 Å². The number of rotatable bonds is 4. The van der Waals surface area contributed by atoms with Gasteiger partial charge in [0.05, 0.1) is 5.56 Å². The zero-order chi connectivity index (χ0) is 15.1. The Hall–Kier alpha value is -2.05. The molecular weight excluding hydrogens is 289 g/mol. The Morgan fingerprint density at radius 1 is 1.29 bits per heavy atom. The first-order chi connectivity index (χ1) is 10.2. The number of benzene rings is 1. The van der Waals surface area contributed by atoms with Gasteiger partial charge in [0.2, 0.25) is 0 Å². The molecule has 2 rings (SSSR count). The molecule has 0 spiro atoms. The molecule has 0 atom stereocenters. The molecule has 0 fully saturated rings. The van der Waals surface area contributed by atoms with Crippen LogP contribution in [0, 0.1) is 24.6 Å². The third-order valence-electron chi connectivity index (χ3n) is 2.71. The maximum absolute atomic E-state index is 13.3. The van der Waals surface area contributed by atoms with Gasteiger partial charge in [-0.3, -0.25) is 4.98 Å². The lowest BCUT2D eigenvalue weighted by Crippen LogP contribution is -1.98. The fraction of sp³-hybridized carbons (Fsp3) is 0.235. The molecule has 0 bridgehead atoms. The van der Waals surface area contributed by atoms with E-state index < -0.39 is 0 Å². The van der Waals surface area contributed by atoms with E-state index in [9.17, 15) is 4.39 Å². The van der Waals surface area contributed by atoms with Crippen LogP contribution in [0.5, 0.6) is 5.75 Å². The highest BCUT2D eigenvalue weighted by molar-refractivity contribution is 6.18. The van der Waals surface area contributed by atoms with Gasteiger partial charge in [-0.2, -0.15) is 0 Å². The van der Waals surface area contributed by atoms with Crippen LogP contribution in [-0.2, 0) is 6.61 Å². The number of aromatic nitrogens is 1. The minimum absolute atomic E-state index is 0.338. The summed E-state index contributed by atoms with van der Waals surface area (Å²) in [6.45, 7) is 2.34. The van der Waals surface area contributed by atoms with E-state index in [1.54, 1.807) is 18.5 Å². The lowest BCUT2D eigenvalue weighted by atomic mass is 10.2. The number of hydrogen-bond donors (Lipinski definition) is 0. The Labute approximate surface area is 128 Å². The fourth-order valence-corrected chi connectivity index (χ4v) is 1.88. The van der Waals surface area contributed by atoms with Crippen molar-refractivity contribution in [2.24, 2.45) is 0 Å². The van der Waals surface area contributed by atoms with Gasteiger partial charge in [-0.1, -0.05) is 11.8 Å². The summed E-state index contributed by atoms with van der Waals surface area (Å²) in [5, 5.41) is 0. The summed E-state index contributed by atoms with van der Waals surface area (Å²) in [7, 11) is 0. The van der Waals surface area contributed by atoms with Crippen molar-refractivity contribution in [3.63, 3.8) is 0 Å². The van der Waals surface area contributed by atoms with Crippen LogP contribution < -0.4 is 4.74 Å². The summed E-state index contributed by atoms with van der Waals surface area (Å²) in [4.78, 5) is 4.11. The molecule has 0 N–H and O–H groups in total. The van der Waals surface area contributed by atoms with Gasteiger partial charge in [-0.05, 0) is 36.8 Å². The fourth-order valence-electron chi connectivity index (χ4n) is 1.79. The average Bonchev–Trinajstić information content (AvgIpc) is 2.47. The predicted octanol–water partition coefficient (Wildman–Crippen LogP) is 4.09. The molecule has 0 unspecified atom stereocenters. The number of hydrogen-bond acceptors (Lipinski definition) is 2. The summed E-state index contributed by atoms with van der Waals surface area (Å²) in [6, 6.07) is 6.31. The van der Waals surface area contributed by atoms with Gasteiger partial charge in [-0.25, -0.2) is 4.39 Å². The lowest BCUT2D eigenvalue weighted by molar-refractivity contribution is 0.304. The van der Waals surface area contributed by atoms with Gasteiger partial charge in [-0.15, -0.1) is 11.6 Å². The van der Waals surface area contributed by atoms with E-state index in [0.717, 1.165) is 11.1 Å². The zero-order valence-corrected chi connectivity index (χ0v) is 12.5. The Morgan fingerprint density at radius 2 is 2.14 bits per heavy atom. The van der Waals surface area contributed by atoms with Crippen molar-refractivity contribution in [2.45, 2.75) is 20.0 Å². The summed E-state index contributed by atoms with van der Waals surface area (Å²) in [6.07, 6.45) is 4.08. The van der Waals surface area contributed by atoms with Gasteiger partial charge in [0.1, 0.15) is 18.2 Å². The number of nitrogens with zero attached hydrogens (tertiary/aromatic N) is 1. The highest BCUT2D eigenvalue weighted by Gasteiger charge is 2.04. The maximum atomic E-state index is 13.3. The van der Waals surface area contributed by atoms with Crippen molar-refractivity contribution in [1.82, 2.24) is 4.98 Å². The Kier molecular flexibility index (Phi) is 5.59. The van der Waals surface area contributed by atoms with Crippen LogP contribution in [0.1, 0.15) is 23.1 Å². The number of alkyl halides is 1. The SMILES string of the molecule is Cc1cncc(COc2ccc(F)cc2C#CCCCl)c1. The molecule has 0 amide bonds. The second kappa shape index (κ2) is 7.66. The number of ether oxygens (including phenoxy) is 1. The Bertz CT molecular complexity index is 676. The van der Waals surface area contributed by atoms with Crippen LogP contribution in [0.2, 0.25) is 0 Å². The first-order valence-corrected chi connectivity index (χ1v) is 7.10. The molecule has 0 radical (unpaired) electrons. The summed E-state index contributed by atoms with van der Waals surface area (Å²) in [5.74, 6) is 6.44. The molecule has 0 aliphatic rings. The second-order valence-corrected chi connectivity index (χ2v) is 4.92. The van der Waals surface area contributed by atoms with Crippen LogP contribution in [0.3, 0.4) is 0 Å². The van der Waals surface area contributed by atoms with Crippen molar-refractivity contribution in [1.29, 1.82) is 0 Å². The first kappa shape index (κ1) is 15.3. The maximum Gasteiger partial charge on any atom is 0.135 e. The van der Waals surface area contributed by atoms with Gasteiger partial charge < -0.3 is 4.74 Å². The molecule has 0 aliphatic heterocycles. The minimum Gasteiger partial charge on any atom is -0.488 e. The second-order valence-electron chi connectivity index (χ2n) is 4.54. The van der Waals surface area contributed by atoms with Gasteiger partial charge in [0.15, 0.2) is 0 Å². The molecule has 1 aromatic heterocycles. The minimum atomic E-state index is -0.338. The molecule has 2 nitrogen and oxygen atoms in total. The normalized spacial score (nSPS) is 9.86. The molecule has 108 valence electrons. The van der Waals surface area contributed by atoms with Crippen molar-refractivity contribution in [3.8, 4) is 17.6 Å². The van der Waals surface area contributed by atoms with Crippen molar-refractivity contribution in [3.05, 3.63) is 59.2 Å². The summed E-state index contributed by atoms with van der Waals surface area (Å²) in [5.41, 5.74) is 2.55. The predicted molar refractivity (Wildman–Crippen MR) is 81.9 cm³/mol. The molecule has 21 heavy (non-hydrogen) atoms. The van der Waals surface area contributed by atoms with Crippen molar-refractivity contribution in [2.75, 3.05) is 5.88 Å². The summed E-state index contributed by atoms with van der Waals surface area (Å²) >= 11 is 5.58. The Balaban J connectivity index is 2.14. The highest BCUT2D eigenvalue weighted by Crippen LogP contribution is 2.20. The monoisotopic (exact) mass is 303 g/mol. The van der Waals surface area contributed by atoms with E-state index in [1.807, 2.05) is 13.0 Å². The molecule has 0 aliphatic carbocycles. The summed E-state index contributed by atoms with van der Waals surface area (Å²) < 4.78 is 19.0. The number of aryl methyl sites for hydroxylation is 1. The van der Waals surface area contributed by atoms with E-state index in [4.69, 9.17) is 16.3 Å². The van der Waals surface area contributed by atoms with Crippen LogP contribution in [0.4, 0.5) is 4.39 Å². The zero-order valence-electron chi connectivity index (χ0n) is 11.7. The molecule has 0 saturated heterocycles. The molecule has 4 heteroatoms. The standard InChI is InChI=1S/C17H15ClFNO/c1-13-8-14(11-20-10-13)12-21-17-6-5-16(19)9-15(17)4-2-3-7-18/h5-6,8-11H,3,7,12H2,1H3. The lowest BCUT2D eigenvalue weighted by Gasteiger charge is -2.08. The molecular formula is C17H15ClFNO. The smallest absolute Gasteiger partial charge is 0.135 e. The average molecular weight is 304 g/mol. The topological polar surface area (TPSA) is 22.1 Å². The van der Waals surface area contributed by atoms with Crippen molar-refractivity contribution < 1.29 is 9.13 Å². The number of pyridine rings is 1. The number of halogens is 2. The molecule has 1 aromatic carbocycles. The van der Waals surface area contributed by atoms with Gasteiger partial charge >= 0.3 is 0 Å². The first-order valence-electron chi connectivity index (χ1n) is 6.57. The molecule has 0 saturated carbocycles. The van der Waals surface area contributed by atoms with Crippen LogP contribution in [0.15, 0.2) is 36.7 Å². The van der Waals surface area contributed by atoms with Gasteiger partial charge in [0.25, 0.3) is 0 Å². The Morgan fingerprint density at radius 3 is 2.90 bits per heavy atom. The van der Waals surface area contributed by atoms with Crippen LogP contribution in [-0.4, -0.2) is 10.9 Å². The van der Waals surface area contributed by atoms with Crippen molar-refractivity contribution >= 4 is 11.6 Å². The van der Waals surface area contributed by atoms with E-state index in [2.05, 4.69) is 16.8 Å². The highest BCUT2D eigenvalue weighted by atomic mass is 35.5. The van der Waals surface area contributed by atoms with E-state index in [1.165, 1.54) is 12.1 Å². The quantitative estimate of drug-likeness (QED) is 0.627. The van der Waals surface area contributed by atoms with E-state index in [0.29, 0.717) is 30.2 Å². The third kappa shape index (κ3) is 4.77. The van der Waals surface area contributed by atoms with Crippen LogP contribution in [0.25, 0.3) is 0 Å². The molecule has 2 aromatic rings. The van der Waals surface area contributed by atoms with E-state index >= 15 is 0 Å².